The van der Waals surface area contributed by atoms with Crippen LogP contribution in [0.1, 0.15) is 50.6 Å². The number of carbonyl (C=O) groups is 2. The van der Waals surface area contributed by atoms with E-state index in [0.717, 1.165) is 0 Å². The number of ether oxygens (including phenoxy) is 3. The maximum atomic E-state index is 13.7. The summed E-state index contributed by atoms with van der Waals surface area (Å²) in [6.07, 6.45) is -2.94. The number of nitrogens with one attached hydrogen (secondary N) is 1. The summed E-state index contributed by atoms with van der Waals surface area (Å²) >= 11 is 0. The molecule has 1 aromatic heterocycles. The number of halogens is 3. The number of benzene rings is 1. The average Bonchev–Trinajstić information content (AvgIpc) is 2.93. The highest BCUT2D eigenvalue weighted by Crippen LogP contribution is 2.44. The second-order valence-corrected chi connectivity index (χ2v) is 11.8. The van der Waals surface area contributed by atoms with Gasteiger partial charge < -0.3 is 24.4 Å². The number of carbonyl (C=O) groups excluding carboxylic acids is 2. The van der Waals surface area contributed by atoms with Crippen LogP contribution in [0.2, 0.25) is 0 Å². The lowest BCUT2D eigenvalue weighted by Crippen LogP contribution is -2.50. The number of anilines is 1. The van der Waals surface area contributed by atoms with Crippen molar-refractivity contribution in [2.75, 3.05) is 58.2 Å². The molecule has 2 aliphatic rings. The summed E-state index contributed by atoms with van der Waals surface area (Å²) in [7, 11) is 1.68. The molecule has 43 heavy (non-hydrogen) atoms. The first kappa shape index (κ1) is 32.3. The van der Waals surface area contributed by atoms with Gasteiger partial charge in [-0.05, 0) is 57.9 Å². The van der Waals surface area contributed by atoms with Crippen molar-refractivity contribution >= 4 is 18.3 Å². The number of rotatable bonds is 9. The zero-order valence-electron chi connectivity index (χ0n) is 25.2. The van der Waals surface area contributed by atoms with Gasteiger partial charge in [0.25, 0.3) is 6.47 Å². The third-order valence-corrected chi connectivity index (χ3v) is 7.53. The molecule has 4 rings (SSSR count). The summed E-state index contributed by atoms with van der Waals surface area (Å²) in [5.74, 6) is 0.809. The lowest BCUT2D eigenvalue weighted by atomic mass is 9.85. The van der Waals surface area contributed by atoms with Gasteiger partial charge in [0.1, 0.15) is 18.0 Å². The molecule has 1 saturated heterocycles. The smallest absolute Gasteiger partial charge is 0.410 e. The maximum Gasteiger partial charge on any atom is 0.410 e. The Kier molecular flexibility index (Phi) is 10.1. The van der Waals surface area contributed by atoms with Crippen molar-refractivity contribution in [1.82, 2.24) is 19.7 Å². The zero-order valence-corrected chi connectivity index (χ0v) is 25.2. The van der Waals surface area contributed by atoms with Gasteiger partial charge in [-0.15, -0.1) is 0 Å². The number of hydrogen-bond donors (Lipinski definition) is 1. The minimum absolute atomic E-state index is 0.272. The summed E-state index contributed by atoms with van der Waals surface area (Å²) in [5.41, 5.74) is 1.74. The summed E-state index contributed by atoms with van der Waals surface area (Å²) in [6, 6.07) is 5.52. The minimum Gasteiger partial charge on any atom is -0.491 e. The Morgan fingerprint density at radius 2 is 1.84 bits per heavy atom. The Balaban J connectivity index is 1.44. The number of piperazine rings is 1. The van der Waals surface area contributed by atoms with Crippen LogP contribution in [0, 0.1) is 0 Å². The molecule has 2 aromatic rings. The molecule has 0 aliphatic carbocycles. The fourth-order valence-electron chi connectivity index (χ4n) is 5.53. The highest BCUT2D eigenvalue weighted by atomic mass is 19.4. The SMILES string of the molecule is CNc1ccc2c(c1OC=O)C[C@@H](C)N(CC(F)(F)F)C2c1ccc(OCCN2CCN(C(=O)OC(C)(C)C)CC2)cn1. The minimum atomic E-state index is -4.42. The van der Waals surface area contributed by atoms with Crippen molar-refractivity contribution < 1.29 is 37.0 Å². The number of fused-ring (bicyclic) bond motifs is 1. The lowest BCUT2D eigenvalue weighted by Gasteiger charge is -2.42. The van der Waals surface area contributed by atoms with Gasteiger partial charge in [0.05, 0.1) is 30.2 Å². The largest absolute Gasteiger partial charge is 0.491 e. The van der Waals surface area contributed by atoms with Crippen molar-refractivity contribution in [3.63, 3.8) is 0 Å². The van der Waals surface area contributed by atoms with Gasteiger partial charge in [0.2, 0.25) is 0 Å². The molecule has 3 heterocycles. The van der Waals surface area contributed by atoms with Crippen LogP contribution in [0.15, 0.2) is 30.5 Å². The first-order valence-electron chi connectivity index (χ1n) is 14.3. The second-order valence-electron chi connectivity index (χ2n) is 11.8. The molecule has 1 fully saturated rings. The van der Waals surface area contributed by atoms with Crippen LogP contribution in [0.5, 0.6) is 11.5 Å². The van der Waals surface area contributed by atoms with Crippen LogP contribution in [0.25, 0.3) is 0 Å². The van der Waals surface area contributed by atoms with E-state index in [0.29, 0.717) is 79.8 Å². The topological polar surface area (TPSA) is 96.5 Å². The number of nitrogens with zero attached hydrogens (tertiary/aromatic N) is 4. The van der Waals surface area contributed by atoms with Crippen molar-refractivity contribution in [1.29, 1.82) is 0 Å². The molecule has 0 spiro atoms. The fraction of sp³-hybridized carbons (Fsp3) is 0.567. The molecule has 1 N–H and O–H groups in total. The predicted molar refractivity (Wildman–Crippen MR) is 154 cm³/mol. The Hall–Kier alpha value is -3.58. The Bertz CT molecular complexity index is 1260. The Morgan fingerprint density at radius 1 is 1.12 bits per heavy atom. The van der Waals surface area contributed by atoms with Crippen LogP contribution in [-0.2, 0) is 16.0 Å². The molecular weight excluding hydrogens is 567 g/mol. The van der Waals surface area contributed by atoms with Crippen LogP contribution in [0.3, 0.4) is 0 Å². The lowest BCUT2D eigenvalue weighted by molar-refractivity contribution is -0.155. The molecule has 0 radical (unpaired) electrons. The van der Waals surface area contributed by atoms with E-state index in [-0.39, 0.29) is 12.5 Å². The Labute approximate surface area is 250 Å². The van der Waals surface area contributed by atoms with Gasteiger partial charge in [-0.1, -0.05) is 6.07 Å². The van der Waals surface area contributed by atoms with Gasteiger partial charge in [-0.3, -0.25) is 19.6 Å². The van der Waals surface area contributed by atoms with Crippen LogP contribution in [0.4, 0.5) is 23.7 Å². The molecule has 236 valence electrons. The quantitative estimate of drug-likeness (QED) is 0.414. The van der Waals surface area contributed by atoms with E-state index in [2.05, 4.69) is 15.2 Å². The van der Waals surface area contributed by atoms with E-state index in [1.54, 1.807) is 43.1 Å². The molecule has 13 heteroatoms. The predicted octanol–water partition coefficient (Wildman–Crippen LogP) is 4.49. The molecule has 1 unspecified atom stereocenters. The number of hydrogen-bond acceptors (Lipinski definition) is 9. The van der Waals surface area contributed by atoms with Gasteiger partial charge in [0.15, 0.2) is 5.75 Å². The first-order chi connectivity index (χ1) is 20.3. The molecule has 0 saturated carbocycles. The molecule has 10 nitrogen and oxygen atoms in total. The summed E-state index contributed by atoms with van der Waals surface area (Å²) in [4.78, 5) is 33.3. The third kappa shape index (κ3) is 8.29. The van der Waals surface area contributed by atoms with Crippen molar-refractivity contribution in [2.24, 2.45) is 0 Å². The number of pyridine rings is 1. The fourth-order valence-corrected chi connectivity index (χ4v) is 5.53. The van der Waals surface area contributed by atoms with Crippen LogP contribution < -0.4 is 14.8 Å². The number of aromatic nitrogens is 1. The van der Waals surface area contributed by atoms with Crippen molar-refractivity contribution in [2.45, 2.75) is 58.0 Å². The standard InChI is InChI=1S/C30H40F3N5O5/c1-20-16-23-22(7-9-25(34-5)27(23)42-19-39)26(38(20)18-30(31,32)33)24-8-6-21(17-35-24)41-15-14-36-10-12-37(13-11-36)28(40)43-29(2,3)4/h6-9,17,19-20,26,34H,10-16,18H2,1-5H3/t20-,26?/m1/s1. The number of amides is 1. The second kappa shape index (κ2) is 13.4. The molecule has 0 bridgehead atoms. The van der Waals surface area contributed by atoms with E-state index in [9.17, 15) is 22.8 Å². The van der Waals surface area contributed by atoms with E-state index >= 15 is 0 Å². The van der Waals surface area contributed by atoms with E-state index in [1.807, 2.05) is 20.8 Å². The number of alkyl halides is 3. The highest BCUT2D eigenvalue weighted by molar-refractivity contribution is 5.68. The average molecular weight is 608 g/mol. The van der Waals surface area contributed by atoms with E-state index in [4.69, 9.17) is 14.2 Å². The maximum absolute atomic E-state index is 13.7. The summed E-state index contributed by atoms with van der Waals surface area (Å²) < 4.78 is 57.7. The Morgan fingerprint density at radius 3 is 2.42 bits per heavy atom. The summed E-state index contributed by atoms with van der Waals surface area (Å²) in [5, 5.41) is 2.98. The van der Waals surface area contributed by atoms with Gasteiger partial charge in [-0.25, -0.2) is 4.79 Å². The van der Waals surface area contributed by atoms with E-state index < -0.39 is 30.4 Å². The monoisotopic (exact) mass is 607 g/mol. The third-order valence-electron chi connectivity index (χ3n) is 7.53. The normalized spacial score (nSPS) is 19.9. The van der Waals surface area contributed by atoms with Crippen molar-refractivity contribution in [3.8, 4) is 11.5 Å². The van der Waals surface area contributed by atoms with Crippen LogP contribution >= 0.6 is 0 Å². The van der Waals surface area contributed by atoms with Gasteiger partial charge >= 0.3 is 12.3 Å². The van der Waals surface area contributed by atoms with Crippen LogP contribution in [-0.4, -0.2) is 103 Å². The molecule has 2 aliphatic heterocycles. The highest BCUT2D eigenvalue weighted by Gasteiger charge is 2.42. The molecule has 2 atom stereocenters. The molecular formula is C30H40F3N5O5. The van der Waals surface area contributed by atoms with Gasteiger partial charge in [-0.2, -0.15) is 13.2 Å². The first-order valence-corrected chi connectivity index (χ1v) is 14.3. The van der Waals surface area contributed by atoms with E-state index in [1.165, 1.54) is 11.1 Å². The summed E-state index contributed by atoms with van der Waals surface area (Å²) in [6.45, 7) is 10.0. The molecule has 1 amide bonds. The van der Waals surface area contributed by atoms with Crippen molar-refractivity contribution in [3.05, 3.63) is 47.3 Å². The molecule has 1 aromatic carbocycles. The zero-order chi connectivity index (χ0) is 31.4. The van der Waals surface area contributed by atoms with Gasteiger partial charge in [0, 0.05) is 51.4 Å².